The molecule has 1 aromatic heterocycles. The molecule has 142 valence electrons. The molecule has 0 spiro atoms. The molecule has 3 rings (SSSR count). The smallest absolute Gasteiger partial charge is 0.261 e. The standard InChI is InChI=1S/C20H16ClN3O3S/c21-18-3-1-2-4-19(18)24-28(26,27)17-8-5-15(6-9-17)7-10-20(25)23-16-11-13-22-14-12-16/h1-14,24H,(H,22,23,25)/b10-7+. The first kappa shape index (κ1) is 19.6. The lowest BCUT2D eigenvalue weighted by Gasteiger charge is -2.09. The number of nitrogens with one attached hydrogen (secondary N) is 2. The van der Waals surface area contributed by atoms with Crippen molar-refractivity contribution >= 4 is 45.0 Å². The number of carbonyl (C=O) groups excluding carboxylic acids is 1. The first-order valence-corrected chi connectivity index (χ1v) is 10.1. The van der Waals surface area contributed by atoms with Gasteiger partial charge in [0.25, 0.3) is 10.0 Å². The second kappa shape index (κ2) is 8.69. The number of rotatable bonds is 6. The second-order valence-corrected chi connectivity index (χ2v) is 7.80. The maximum atomic E-state index is 12.5. The van der Waals surface area contributed by atoms with Crippen LogP contribution in [0, 0.1) is 0 Å². The molecule has 8 heteroatoms. The molecule has 0 atom stereocenters. The zero-order valence-corrected chi connectivity index (χ0v) is 16.1. The molecule has 1 heterocycles. The number of para-hydroxylation sites is 1. The highest BCUT2D eigenvalue weighted by Crippen LogP contribution is 2.24. The monoisotopic (exact) mass is 413 g/mol. The van der Waals surface area contributed by atoms with Crippen molar-refractivity contribution in [1.29, 1.82) is 0 Å². The first-order chi connectivity index (χ1) is 13.4. The SMILES string of the molecule is O=C(/C=C/c1ccc(S(=O)(=O)Nc2ccccc2Cl)cc1)Nc1ccncc1. The van der Waals surface area contributed by atoms with Gasteiger partial charge in [-0.2, -0.15) is 0 Å². The number of aromatic nitrogens is 1. The number of hydrogen-bond donors (Lipinski definition) is 2. The van der Waals surface area contributed by atoms with Gasteiger partial charge in [0.1, 0.15) is 0 Å². The zero-order chi connectivity index (χ0) is 20.0. The van der Waals surface area contributed by atoms with E-state index in [1.807, 2.05) is 0 Å². The van der Waals surface area contributed by atoms with E-state index >= 15 is 0 Å². The molecular weight excluding hydrogens is 398 g/mol. The van der Waals surface area contributed by atoms with Gasteiger partial charge in [0.05, 0.1) is 15.6 Å². The maximum absolute atomic E-state index is 12.5. The third kappa shape index (κ3) is 5.18. The van der Waals surface area contributed by atoms with E-state index in [0.717, 1.165) is 0 Å². The van der Waals surface area contributed by atoms with Crippen molar-refractivity contribution in [2.24, 2.45) is 0 Å². The van der Waals surface area contributed by atoms with E-state index in [9.17, 15) is 13.2 Å². The first-order valence-electron chi connectivity index (χ1n) is 8.20. The molecule has 28 heavy (non-hydrogen) atoms. The van der Waals surface area contributed by atoms with Crippen LogP contribution in [0.3, 0.4) is 0 Å². The number of hydrogen-bond acceptors (Lipinski definition) is 4. The van der Waals surface area contributed by atoms with Crippen molar-refractivity contribution in [3.63, 3.8) is 0 Å². The Labute approximate surface area is 167 Å². The van der Waals surface area contributed by atoms with Crippen LogP contribution in [0.1, 0.15) is 5.56 Å². The largest absolute Gasteiger partial charge is 0.322 e. The number of nitrogens with zero attached hydrogens (tertiary/aromatic N) is 1. The third-order valence-electron chi connectivity index (χ3n) is 3.68. The van der Waals surface area contributed by atoms with Gasteiger partial charge in [-0.3, -0.25) is 14.5 Å². The van der Waals surface area contributed by atoms with Crippen molar-refractivity contribution in [3.05, 3.63) is 89.7 Å². The molecular formula is C20H16ClN3O3S. The predicted octanol–water partition coefficient (Wildman–Crippen LogP) is 4.19. The summed E-state index contributed by atoms with van der Waals surface area (Å²) in [7, 11) is -3.77. The van der Waals surface area contributed by atoms with Crippen LogP contribution in [-0.2, 0) is 14.8 Å². The van der Waals surface area contributed by atoms with Gasteiger partial charge in [0, 0.05) is 24.2 Å². The molecule has 0 unspecified atom stereocenters. The molecule has 0 saturated carbocycles. The van der Waals surface area contributed by atoms with Gasteiger partial charge in [-0.15, -0.1) is 0 Å². The molecule has 2 N–H and O–H groups in total. The highest BCUT2D eigenvalue weighted by Gasteiger charge is 2.15. The average Bonchev–Trinajstić information content (AvgIpc) is 2.69. The summed E-state index contributed by atoms with van der Waals surface area (Å²) in [6, 6.07) is 16.1. The molecule has 0 radical (unpaired) electrons. The van der Waals surface area contributed by atoms with Crippen LogP contribution in [-0.4, -0.2) is 19.3 Å². The summed E-state index contributed by atoms with van der Waals surface area (Å²) >= 11 is 5.99. The molecule has 3 aromatic rings. The van der Waals surface area contributed by atoms with Crippen LogP contribution in [0.15, 0.2) is 84.0 Å². The molecule has 0 aliphatic carbocycles. The van der Waals surface area contributed by atoms with Gasteiger partial charge >= 0.3 is 0 Å². The molecule has 0 aliphatic heterocycles. The Morgan fingerprint density at radius 2 is 1.64 bits per heavy atom. The Morgan fingerprint density at radius 1 is 0.964 bits per heavy atom. The number of sulfonamides is 1. The fraction of sp³-hybridized carbons (Fsp3) is 0. The summed E-state index contributed by atoms with van der Waals surface area (Å²) < 4.78 is 27.4. The van der Waals surface area contributed by atoms with Crippen molar-refractivity contribution in [1.82, 2.24) is 4.98 Å². The van der Waals surface area contributed by atoms with E-state index < -0.39 is 10.0 Å². The fourth-order valence-corrected chi connectivity index (χ4v) is 3.62. The molecule has 1 amide bonds. The van der Waals surface area contributed by atoms with E-state index in [2.05, 4.69) is 15.0 Å². The summed E-state index contributed by atoms with van der Waals surface area (Å²) in [6.07, 6.45) is 6.12. The number of pyridine rings is 1. The van der Waals surface area contributed by atoms with Crippen LogP contribution in [0.2, 0.25) is 5.02 Å². The molecule has 0 aliphatic rings. The van der Waals surface area contributed by atoms with Gasteiger partial charge in [0.2, 0.25) is 5.91 Å². The number of benzene rings is 2. The third-order valence-corrected chi connectivity index (χ3v) is 5.39. The number of amides is 1. The Balaban J connectivity index is 1.67. The highest BCUT2D eigenvalue weighted by atomic mass is 35.5. The Morgan fingerprint density at radius 3 is 2.32 bits per heavy atom. The summed E-state index contributed by atoms with van der Waals surface area (Å²) in [5, 5.41) is 3.01. The van der Waals surface area contributed by atoms with Gasteiger partial charge in [0.15, 0.2) is 0 Å². The van der Waals surface area contributed by atoms with E-state index in [-0.39, 0.29) is 10.8 Å². The Bertz CT molecular complexity index is 1100. The van der Waals surface area contributed by atoms with Crippen molar-refractivity contribution < 1.29 is 13.2 Å². The number of halogens is 1. The quantitative estimate of drug-likeness (QED) is 0.593. The molecule has 2 aromatic carbocycles. The lowest BCUT2D eigenvalue weighted by atomic mass is 10.2. The van der Waals surface area contributed by atoms with Crippen LogP contribution in [0.5, 0.6) is 0 Å². The van der Waals surface area contributed by atoms with Crippen LogP contribution >= 0.6 is 11.6 Å². The van der Waals surface area contributed by atoms with Crippen molar-refractivity contribution in [2.45, 2.75) is 4.90 Å². The van der Waals surface area contributed by atoms with E-state index in [0.29, 0.717) is 22.0 Å². The van der Waals surface area contributed by atoms with Gasteiger partial charge in [-0.25, -0.2) is 8.42 Å². The van der Waals surface area contributed by atoms with Gasteiger partial charge in [-0.1, -0.05) is 35.9 Å². The maximum Gasteiger partial charge on any atom is 0.261 e. The van der Waals surface area contributed by atoms with Crippen LogP contribution in [0.4, 0.5) is 11.4 Å². The molecule has 0 fully saturated rings. The summed E-state index contributed by atoms with van der Waals surface area (Å²) in [4.78, 5) is 15.9. The minimum Gasteiger partial charge on any atom is -0.322 e. The summed E-state index contributed by atoms with van der Waals surface area (Å²) in [6.45, 7) is 0. The lowest BCUT2D eigenvalue weighted by Crippen LogP contribution is -2.13. The number of anilines is 2. The molecule has 6 nitrogen and oxygen atoms in total. The van der Waals surface area contributed by atoms with Crippen LogP contribution in [0.25, 0.3) is 6.08 Å². The molecule has 0 saturated heterocycles. The topological polar surface area (TPSA) is 88.2 Å². The number of carbonyl (C=O) groups is 1. The summed E-state index contributed by atoms with van der Waals surface area (Å²) in [5.74, 6) is -0.303. The van der Waals surface area contributed by atoms with Crippen LogP contribution < -0.4 is 10.0 Å². The molecule has 0 bridgehead atoms. The minimum atomic E-state index is -3.77. The van der Waals surface area contributed by atoms with Gasteiger partial charge in [-0.05, 0) is 48.0 Å². The minimum absolute atomic E-state index is 0.0887. The predicted molar refractivity (Wildman–Crippen MR) is 111 cm³/mol. The zero-order valence-electron chi connectivity index (χ0n) is 14.5. The normalized spacial score (nSPS) is 11.3. The summed E-state index contributed by atoms with van der Waals surface area (Å²) in [5.41, 5.74) is 1.62. The van der Waals surface area contributed by atoms with Gasteiger partial charge < -0.3 is 5.32 Å². The van der Waals surface area contributed by atoms with E-state index in [1.165, 1.54) is 18.2 Å². The Kier molecular flexibility index (Phi) is 6.08. The van der Waals surface area contributed by atoms with Crippen molar-refractivity contribution in [2.75, 3.05) is 10.0 Å². The second-order valence-electron chi connectivity index (χ2n) is 5.71. The van der Waals surface area contributed by atoms with E-state index in [4.69, 9.17) is 11.6 Å². The fourth-order valence-electron chi connectivity index (χ4n) is 2.30. The highest BCUT2D eigenvalue weighted by molar-refractivity contribution is 7.92. The van der Waals surface area contributed by atoms with Crippen molar-refractivity contribution in [3.8, 4) is 0 Å². The lowest BCUT2D eigenvalue weighted by molar-refractivity contribution is -0.111. The van der Waals surface area contributed by atoms with E-state index in [1.54, 1.807) is 67.0 Å². The Hall–Kier alpha value is -3.16. The average molecular weight is 414 g/mol.